The van der Waals surface area contributed by atoms with E-state index in [1.165, 1.54) is 0 Å². The first-order chi connectivity index (χ1) is 8.56. The second kappa shape index (κ2) is 5.60. The van der Waals surface area contributed by atoms with E-state index < -0.39 is 0 Å². The summed E-state index contributed by atoms with van der Waals surface area (Å²) in [6.07, 6.45) is 3.66. The van der Waals surface area contributed by atoms with Gasteiger partial charge in [0.05, 0.1) is 24.7 Å². The second-order valence-electron chi connectivity index (χ2n) is 6.23. The first-order valence-corrected chi connectivity index (χ1v) is 7.38. The van der Waals surface area contributed by atoms with Gasteiger partial charge in [0.25, 0.3) is 0 Å². The highest BCUT2D eigenvalue weighted by Crippen LogP contribution is 2.50. The Bertz CT molecular complexity index is 300. The molecule has 0 aromatic carbocycles. The van der Waals surface area contributed by atoms with Gasteiger partial charge in [-0.05, 0) is 24.7 Å². The van der Waals surface area contributed by atoms with Crippen LogP contribution in [-0.4, -0.2) is 24.8 Å². The van der Waals surface area contributed by atoms with Crippen molar-refractivity contribution in [2.75, 3.05) is 6.61 Å². The number of ether oxygens (including phenoxy) is 2. The molecule has 3 heteroatoms. The van der Waals surface area contributed by atoms with Crippen molar-refractivity contribution in [3.8, 4) is 0 Å². The third-order valence-electron chi connectivity index (χ3n) is 4.41. The number of carbonyl (C=O) groups is 1. The molecule has 0 N–H and O–H groups in total. The molecule has 3 nitrogen and oxygen atoms in total. The van der Waals surface area contributed by atoms with Crippen molar-refractivity contribution in [1.82, 2.24) is 0 Å². The maximum absolute atomic E-state index is 12.2. The molecule has 1 aliphatic carbocycles. The molecule has 2 rings (SSSR count). The number of fused-ring (bicyclic) bond motifs is 1. The molecule has 0 aromatic heterocycles. The van der Waals surface area contributed by atoms with Gasteiger partial charge in [-0.25, -0.2) is 0 Å². The van der Waals surface area contributed by atoms with Crippen molar-refractivity contribution < 1.29 is 14.3 Å². The molecule has 0 spiro atoms. The SMILES string of the molecule is CCCCOC(=O)C1CC(C)C2OC2C1C(C)C. The Kier molecular flexibility index (Phi) is 4.31. The average molecular weight is 254 g/mol. The average Bonchev–Trinajstić information content (AvgIpc) is 3.08. The Hall–Kier alpha value is -0.570. The van der Waals surface area contributed by atoms with Gasteiger partial charge in [0.15, 0.2) is 0 Å². The van der Waals surface area contributed by atoms with E-state index in [0.29, 0.717) is 36.6 Å². The third kappa shape index (κ3) is 2.71. The van der Waals surface area contributed by atoms with Crippen LogP contribution in [0.2, 0.25) is 0 Å². The fraction of sp³-hybridized carbons (Fsp3) is 0.933. The molecule has 1 saturated heterocycles. The topological polar surface area (TPSA) is 38.8 Å². The summed E-state index contributed by atoms with van der Waals surface area (Å²) < 4.78 is 11.2. The minimum Gasteiger partial charge on any atom is -0.465 e. The van der Waals surface area contributed by atoms with Crippen LogP contribution in [-0.2, 0) is 14.3 Å². The first-order valence-electron chi connectivity index (χ1n) is 7.38. The molecule has 0 radical (unpaired) electrons. The van der Waals surface area contributed by atoms with E-state index in [9.17, 15) is 4.79 Å². The van der Waals surface area contributed by atoms with Gasteiger partial charge in [0, 0.05) is 5.92 Å². The number of carbonyl (C=O) groups excluding carboxylic acids is 1. The van der Waals surface area contributed by atoms with E-state index in [0.717, 1.165) is 19.3 Å². The van der Waals surface area contributed by atoms with Crippen LogP contribution in [0.5, 0.6) is 0 Å². The van der Waals surface area contributed by atoms with Crippen molar-refractivity contribution in [1.29, 1.82) is 0 Å². The predicted molar refractivity (Wildman–Crippen MR) is 70.1 cm³/mol. The highest BCUT2D eigenvalue weighted by atomic mass is 16.6. The fourth-order valence-corrected chi connectivity index (χ4v) is 3.35. The van der Waals surface area contributed by atoms with Gasteiger partial charge >= 0.3 is 5.97 Å². The molecule has 2 aliphatic rings. The molecule has 0 aromatic rings. The van der Waals surface area contributed by atoms with Crippen molar-refractivity contribution in [2.45, 2.75) is 59.2 Å². The van der Waals surface area contributed by atoms with E-state index >= 15 is 0 Å². The number of rotatable bonds is 5. The van der Waals surface area contributed by atoms with E-state index in [1.807, 2.05) is 0 Å². The summed E-state index contributed by atoms with van der Waals surface area (Å²) >= 11 is 0. The Morgan fingerprint density at radius 1 is 1.39 bits per heavy atom. The smallest absolute Gasteiger partial charge is 0.309 e. The van der Waals surface area contributed by atoms with Gasteiger partial charge in [-0.1, -0.05) is 34.1 Å². The lowest BCUT2D eigenvalue weighted by Crippen LogP contribution is -2.39. The lowest BCUT2D eigenvalue weighted by atomic mass is 9.70. The number of hydrogen-bond acceptors (Lipinski definition) is 3. The lowest BCUT2D eigenvalue weighted by Gasteiger charge is -2.32. The number of epoxide rings is 1. The van der Waals surface area contributed by atoms with Gasteiger partial charge in [-0.15, -0.1) is 0 Å². The summed E-state index contributed by atoms with van der Waals surface area (Å²) in [5.74, 6) is 1.37. The Morgan fingerprint density at radius 2 is 2.11 bits per heavy atom. The van der Waals surface area contributed by atoms with Gasteiger partial charge in [0.1, 0.15) is 0 Å². The minimum atomic E-state index is 0.00273. The van der Waals surface area contributed by atoms with Gasteiger partial charge in [-0.3, -0.25) is 4.79 Å². The van der Waals surface area contributed by atoms with Crippen LogP contribution in [0.1, 0.15) is 47.0 Å². The summed E-state index contributed by atoms with van der Waals surface area (Å²) in [4.78, 5) is 12.2. The minimum absolute atomic E-state index is 0.00273. The predicted octanol–water partition coefficient (Wildman–Crippen LogP) is 3.03. The number of hydrogen-bond donors (Lipinski definition) is 0. The van der Waals surface area contributed by atoms with Crippen LogP contribution in [0, 0.1) is 23.7 Å². The zero-order chi connectivity index (χ0) is 13.3. The van der Waals surface area contributed by atoms with Crippen LogP contribution >= 0.6 is 0 Å². The van der Waals surface area contributed by atoms with E-state index in [1.54, 1.807) is 0 Å². The van der Waals surface area contributed by atoms with Crippen molar-refractivity contribution in [2.24, 2.45) is 23.7 Å². The number of esters is 1. The Labute approximate surface area is 110 Å². The zero-order valence-electron chi connectivity index (χ0n) is 12.0. The first kappa shape index (κ1) is 13.9. The van der Waals surface area contributed by atoms with Crippen LogP contribution < -0.4 is 0 Å². The largest absolute Gasteiger partial charge is 0.465 e. The quantitative estimate of drug-likeness (QED) is 0.430. The molecule has 5 atom stereocenters. The van der Waals surface area contributed by atoms with E-state index in [4.69, 9.17) is 9.47 Å². The number of unbranched alkanes of at least 4 members (excludes halogenated alkanes) is 1. The summed E-state index contributed by atoms with van der Waals surface area (Å²) in [7, 11) is 0. The molecule has 2 fully saturated rings. The van der Waals surface area contributed by atoms with Crippen LogP contribution in [0.4, 0.5) is 0 Å². The van der Waals surface area contributed by atoms with E-state index in [2.05, 4.69) is 27.7 Å². The monoisotopic (exact) mass is 254 g/mol. The van der Waals surface area contributed by atoms with E-state index in [-0.39, 0.29) is 11.9 Å². The molecule has 1 heterocycles. The lowest BCUT2D eigenvalue weighted by molar-refractivity contribution is -0.153. The standard InChI is InChI=1S/C15H26O3/c1-5-6-7-17-15(16)11-8-10(4)13-14(18-13)12(11)9(2)3/h9-14H,5-8H2,1-4H3. The van der Waals surface area contributed by atoms with Crippen LogP contribution in [0.25, 0.3) is 0 Å². The second-order valence-corrected chi connectivity index (χ2v) is 6.23. The van der Waals surface area contributed by atoms with Crippen molar-refractivity contribution in [3.63, 3.8) is 0 Å². The molecule has 0 amide bonds. The maximum atomic E-state index is 12.2. The molecular weight excluding hydrogens is 228 g/mol. The van der Waals surface area contributed by atoms with Crippen molar-refractivity contribution in [3.05, 3.63) is 0 Å². The summed E-state index contributed by atoms with van der Waals surface area (Å²) in [5, 5.41) is 0. The molecule has 1 saturated carbocycles. The molecule has 104 valence electrons. The Morgan fingerprint density at radius 3 is 2.72 bits per heavy atom. The summed E-state index contributed by atoms with van der Waals surface area (Å²) in [6, 6.07) is 0. The van der Waals surface area contributed by atoms with Gasteiger partial charge in [0.2, 0.25) is 0 Å². The maximum Gasteiger partial charge on any atom is 0.309 e. The van der Waals surface area contributed by atoms with Crippen molar-refractivity contribution >= 4 is 5.97 Å². The third-order valence-corrected chi connectivity index (χ3v) is 4.41. The summed E-state index contributed by atoms with van der Waals surface area (Å²) in [6.45, 7) is 9.24. The van der Waals surface area contributed by atoms with Crippen LogP contribution in [0.3, 0.4) is 0 Å². The normalized spacial score (nSPS) is 38.4. The molecule has 1 aliphatic heterocycles. The Balaban J connectivity index is 1.97. The van der Waals surface area contributed by atoms with Crippen LogP contribution in [0.15, 0.2) is 0 Å². The summed E-state index contributed by atoms with van der Waals surface area (Å²) in [5.41, 5.74) is 0. The molecular formula is C15H26O3. The molecule has 5 unspecified atom stereocenters. The fourth-order valence-electron chi connectivity index (χ4n) is 3.35. The van der Waals surface area contributed by atoms with Gasteiger partial charge in [-0.2, -0.15) is 0 Å². The highest BCUT2D eigenvalue weighted by molar-refractivity contribution is 5.73. The molecule has 18 heavy (non-hydrogen) atoms. The highest BCUT2D eigenvalue weighted by Gasteiger charge is 2.57. The zero-order valence-corrected chi connectivity index (χ0v) is 12.0. The van der Waals surface area contributed by atoms with Gasteiger partial charge < -0.3 is 9.47 Å². The molecule has 0 bridgehead atoms.